The van der Waals surface area contributed by atoms with E-state index in [2.05, 4.69) is 121 Å². The fraction of sp³-hybridized carbons (Fsp3) is 0. The summed E-state index contributed by atoms with van der Waals surface area (Å²) in [4.78, 5) is 0. The van der Waals surface area contributed by atoms with Crippen LogP contribution in [0.2, 0.25) is 0 Å². The van der Waals surface area contributed by atoms with Crippen molar-refractivity contribution in [1.82, 2.24) is 0 Å². The first kappa shape index (κ1) is 20.3. The van der Waals surface area contributed by atoms with Gasteiger partial charge in [0.05, 0.1) is 0 Å². The molecular weight excluding hydrogens is 448 g/mol. The van der Waals surface area contributed by atoms with Crippen molar-refractivity contribution in [3.63, 3.8) is 0 Å². The molecule has 0 aliphatic carbocycles. The van der Waals surface area contributed by atoms with Crippen LogP contribution in [0.5, 0.6) is 11.5 Å². The van der Waals surface area contributed by atoms with Crippen LogP contribution in [0.15, 0.2) is 133 Å². The maximum absolute atomic E-state index is 6.29. The quantitative estimate of drug-likeness (QED) is 0.228. The Kier molecular flexibility index (Phi) is 4.29. The second-order valence-electron chi connectivity index (χ2n) is 9.70. The highest BCUT2D eigenvalue weighted by Gasteiger charge is 2.21. The van der Waals surface area contributed by atoms with E-state index in [0.717, 1.165) is 17.1 Å². The third-order valence-electron chi connectivity index (χ3n) is 7.69. The molecule has 7 aromatic rings. The van der Waals surface area contributed by atoms with Gasteiger partial charge < -0.3 is 4.74 Å². The third kappa shape index (κ3) is 3.04. The van der Waals surface area contributed by atoms with Crippen molar-refractivity contribution in [3.8, 4) is 44.9 Å². The van der Waals surface area contributed by atoms with Crippen molar-refractivity contribution in [1.29, 1.82) is 0 Å². The van der Waals surface area contributed by atoms with Gasteiger partial charge in [0, 0.05) is 10.9 Å². The second kappa shape index (κ2) is 7.81. The first-order valence-corrected chi connectivity index (χ1v) is 12.7. The predicted molar refractivity (Wildman–Crippen MR) is 155 cm³/mol. The monoisotopic (exact) mass is 470 g/mol. The summed E-state index contributed by atoms with van der Waals surface area (Å²) >= 11 is 0. The van der Waals surface area contributed by atoms with Gasteiger partial charge in [-0.25, -0.2) is 0 Å². The molecule has 1 heteroatoms. The van der Waals surface area contributed by atoms with E-state index in [1.165, 1.54) is 60.1 Å². The summed E-state index contributed by atoms with van der Waals surface area (Å²) in [6.45, 7) is 0. The molecule has 172 valence electrons. The number of fused-ring (bicyclic) bond motifs is 5. The Balaban J connectivity index is 1.26. The number of hydrogen-bond acceptors (Lipinski definition) is 1. The molecule has 0 amide bonds. The summed E-state index contributed by atoms with van der Waals surface area (Å²) in [5.41, 5.74) is 7.30. The minimum absolute atomic E-state index is 0.919. The molecule has 7 aromatic carbocycles. The van der Waals surface area contributed by atoms with Crippen molar-refractivity contribution >= 4 is 32.3 Å². The fourth-order valence-corrected chi connectivity index (χ4v) is 5.95. The first-order valence-electron chi connectivity index (χ1n) is 12.7. The van der Waals surface area contributed by atoms with E-state index in [-0.39, 0.29) is 0 Å². The number of ether oxygens (including phenoxy) is 1. The van der Waals surface area contributed by atoms with Gasteiger partial charge >= 0.3 is 0 Å². The van der Waals surface area contributed by atoms with Gasteiger partial charge in [0.25, 0.3) is 0 Å². The molecule has 0 fully saturated rings. The maximum Gasteiger partial charge on any atom is 0.135 e. The molecule has 0 aromatic heterocycles. The number of rotatable bonds is 2. The lowest BCUT2D eigenvalue weighted by Crippen LogP contribution is -1.97. The van der Waals surface area contributed by atoms with Crippen molar-refractivity contribution in [2.24, 2.45) is 0 Å². The van der Waals surface area contributed by atoms with Gasteiger partial charge in [-0.1, -0.05) is 121 Å². The van der Waals surface area contributed by atoms with Gasteiger partial charge in [-0.3, -0.25) is 0 Å². The predicted octanol–water partition coefficient (Wildman–Crippen LogP) is 10.3. The van der Waals surface area contributed by atoms with Gasteiger partial charge in [-0.2, -0.15) is 0 Å². The normalized spacial score (nSPS) is 12.0. The summed E-state index contributed by atoms with van der Waals surface area (Å²) in [5.74, 6) is 1.84. The van der Waals surface area contributed by atoms with Gasteiger partial charge in [-0.05, 0) is 66.9 Å². The Morgan fingerprint density at radius 1 is 0.324 bits per heavy atom. The van der Waals surface area contributed by atoms with E-state index in [1.807, 2.05) is 12.1 Å². The third-order valence-corrected chi connectivity index (χ3v) is 7.69. The van der Waals surface area contributed by atoms with E-state index < -0.39 is 0 Å². The lowest BCUT2D eigenvalue weighted by molar-refractivity contribution is 0.487. The zero-order valence-electron chi connectivity index (χ0n) is 20.1. The summed E-state index contributed by atoms with van der Waals surface area (Å²) < 4.78 is 6.29. The molecule has 0 atom stereocenters. The summed E-state index contributed by atoms with van der Waals surface area (Å²) in [7, 11) is 0. The molecule has 1 heterocycles. The summed E-state index contributed by atoms with van der Waals surface area (Å²) in [6, 6.07) is 47.9. The van der Waals surface area contributed by atoms with Gasteiger partial charge in [0.1, 0.15) is 11.5 Å². The lowest BCUT2D eigenvalue weighted by Gasteiger charge is -2.22. The van der Waals surface area contributed by atoms with E-state index in [9.17, 15) is 0 Å². The van der Waals surface area contributed by atoms with Crippen LogP contribution in [-0.4, -0.2) is 0 Å². The molecule has 0 saturated heterocycles. The molecule has 1 nitrogen and oxygen atoms in total. The Morgan fingerprint density at radius 3 is 1.84 bits per heavy atom. The molecule has 0 spiro atoms. The van der Waals surface area contributed by atoms with Crippen LogP contribution in [0.3, 0.4) is 0 Å². The van der Waals surface area contributed by atoms with Crippen molar-refractivity contribution in [3.05, 3.63) is 133 Å². The standard InChI is InChI=1S/C36H22O/c1-2-8-26-23(7-1)19-20-30-27(10-5-11-29(26)30)24-15-17-25(18-16-24)28-21-22-35-36-32(28)12-6-13-33(36)31-9-3-4-14-34(31)37-35/h1-22H. The zero-order valence-corrected chi connectivity index (χ0v) is 20.1. The highest BCUT2D eigenvalue weighted by Crippen LogP contribution is 2.48. The summed E-state index contributed by atoms with van der Waals surface area (Å²) in [5, 5.41) is 7.55. The largest absolute Gasteiger partial charge is 0.456 e. The van der Waals surface area contributed by atoms with Crippen LogP contribution in [0, 0.1) is 0 Å². The Bertz CT molecular complexity index is 2000. The fourth-order valence-electron chi connectivity index (χ4n) is 5.95. The molecular formula is C36H22O. The van der Waals surface area contributed by atoms with Crippen LogP contribution in [0.25, 0.3) is 65.7 Å². The van der Waals surface area contributed by atoms with Crippen LogP contribution in [0.1, 0.15) is 0 Å². The van der Waals surface area contributed by atoms with Crippen molar-refractivity contribution in [2.45, 2.75) is 0 Å². The average molecular weight is 471 g/mol. The molecule has 0 saturated carbocycles. The molecule has 1 aliphatic rings. The topological polar surface area (TPSA) is 9.23 Å². The average Bonchev–Trinajstić information content (AvgIpc) is 2.97. The zero-order chi connectivity index (χ0) is 24.3. The Labute approximate surface area is 215 Å². The maximum atomic E-state index is 6.29. The molecule has 0 N–H and O–H groups in total. The van der Waals surface area contributed by atoms with E-state index in [0.29, 0.717) is 0 Å². The van der Waals surface area contributed by atoms with Crippen LogP contribution >= 0.6 is 0 Å². The smallest absolute Gasteiger partial charge is 0.135 e. The second-order valence-corrected chi connectivity index (χ2v) is 9.70. The van der Waals surface area contributed by atoms with Gasteiger partial charge in [-0.15, -0.1) is 0 Å². The van der Waals surface area contributed by atoms with Crippen LogP contribution in [0.4, 0.5) is 0 Å². The minimum Gasteiger partial charge on any atom is -0.456 e. The molecule has 0 radical (unpaired) electrons. The SMILES string of the molecule is c1ccc2c(c1)Oc1ccc(-c3ccc(-c4cccc5c4ccc4ccccc45)cc3)c3cccc-2c13. The highest BCUT2D eigenvalue weighted by molar-refractivity contribution is 6.12. The Hall–Kier alpha value is -4.88. The van der Waals surface area contributed by atoms with Crippen molar-refractivity contribution < 1.29 is 4.74 Å². The number of hydrogen-bond donors (Lipinski definition) is 0. The van der Waals surface area contributed by atoms with Crippen LogP contribution in [-0.2, 0) is 0 Å². The molecule has 37 heavy (non-hydrogen) atoms. The van der Waals surface area contributed by atoms with E-state index in [1.54, 1.807) is 0 Å². The molecule has 1 aliphatic heterocycles. The van der Waals surface area contributed by atoms with Crippen LogP contribution < -0.4 is 4.74 Å². The van der Waals surface area contributed by atoms with E-state index >= 15 is 0 Å². The minimum atomic E-state index is 0.919. The summed E-state index contributed by atoms with van der Waals surface area (Å²) in [6.07, 6.45) is 0. The highest BCUT2D eigenvalue weighted by atomic mass is 16.5. The number of para-hydroxylation sites is 1. The molecule has 0 bridgehead atoms. The number of benzene rings is 7. The van der Waals surface area contributed by atoms with Gasteiger partial charge in [0.2, 0.25) is 0 Å². The van der Waals surface area contributed by atoms with E-state index in [4.69, 9.17) is 4.74 Å². The first-order chi connectivity index (χ1) is 18.3. The molecule has 0 unspecified atom stereocenters. The van der Waals surface area contributed by atoms with Crippen molar-refractivity contribution in [2.75, 3.05) is 0 Å². The molecule has 8 rings (SSSR count). The Morgan fingerprint density at radius 2 is 0.973 bits per heavy atom. The lowest BCUT2D eigenvalue weighted by atomic mass is 9.89. The van der Waals surface area contributed by atoms with Gasteiger partial charge in [0.15, 0.2) is 0 Å².